The summed E-state index contributed by atoms with van der Waals surface area (Å²) in [6, 6.07) is 14.0. The van der Waals surface area contributed by atoms with Crippen molar-refractivity contribution < 1.29 is 4.74 Å². The van der Waals surface area contributed by atoms with Crippen LogP contribution in [0.4, 0.5) is 0 Å². The smallest absolute Gasteiger partial charge is 0.140 e. The fraction of sp³-hybridized carbons (Fsp3) is 0.294. The van der Waals surface area contributed by atoms with Gasteiger partial charge in [0, 0.05) is 16.1 Å². The average Bonchev–Trinajstić information content (AvgIpc) is 2.41. The van der Waals surface area contributed by atoms with Crippen LogP contribution in [0.25, 0.3) is 0 Å². The van der Waals surface area contributed by atoms with Gasteiger partial charge in [-0.1, -0.05) is 46.3 Å². The summed E-state index contributed by atoms with van der Waals surface area (Å²) in [6.45, 7) is 6.12. The van der Waals surface area contributed by atoms with Gasteiger partial charge in [0.2, 0.25) is 0 Å². The normalized spacial score (nSPS) is 13.8. The highest BCUT2D eigenvalue weighted by molar-refractivity contribution is 9.10. The molecule has 2 atom stereocenters. The lowest BCUT2D eigenvalue weighted by atomic mass is 10.0. The first-order valence-electron chi connectivity index (χ1n) is 6.73. The second-order valence-electron chi connectivity index (χ2n) is 5.12. The zero-order valence-corrected chi connectivity index (χ0v) is 13.6. The standard InChI is InChI=1S/C17H20BrNO/c1-11-7-6-10-16(12(11)2)20-17(13(3)19)14-8-4-5-9-15(14)18/h4-10,13,17H,19H2,1-3H3. The molecule has 0 aliphatic heterocycles. The molecule has 0 amide bonds. The number of ether oxygens (including phenoxy) is 1. The van der Waals surface area contributed by atoms with Crippen LogP contribution >= 0.6 is 15.9 Å². The highest BCUT2D eigenvalue weighted by Gasteiger charge is 2.21. The van der Waals surface area contributed by atoms with Crippen LogP contribution < -0.4 is 10.5 Å². The van der Waals surface area contributed by atoms with Gasteiger partial charge < -0.3 is 10.5 Å². The molecular weight excluding hydrogens is 314 g/mol. The molecule has 2 nitrogen and oxygen atoms in total. The molecule has 2 unspecified atom stereocenters. The minimum atomic E-state index is -0.175. The van der Waals surface area contributed by atoms with E-state index in [1.807, 2.05) is 43.3 Å². The van der Waals surface area contributed by atoms with Gasteiger partial charge in [-0.3, -0.25) is 0 Å². The van der Waals surface area contributed by atoms with Crippen molar-refractivity contribution in [3.05, 3.63) is 63.6 Å². The van der Waals surface area contributed by atoms with E-state index >= 15 is 0 Å². The van der Waals surface area contributed by atoms with Gasteiger partial charge in [0.1, 0.15) is 11.9 Å². The molecule has 20 heavy (non-hydrogen) atoms. The minimum Gasteiger partial charge on any atom is -0.484 e. The first kappa shape index (κ1) is 15.1. The van der Waals surface area contributed by atoms with Crippen LogP contribution in [-0.2, 0) is 0 Å². The Balaban J connectivity index is 2.36. The molecule has 0 aliphatic carbocycles. The molecule has 3 heteroatoms. The lowest BCUT2D eigenvalue weighted by Crippen LogP contribution is -2.29. The van der Waals surface area contributed by atoms with Gasteiger partial charge in [0.05, 0.1) is 0 Å². The monoisotopic (exact) mass is 333 g/mol. The van der Waals surface area contributed by atoms with E-state index in [2.05, 4.69) is 35.8 Å². The van der Waals surface area contributed by atoms with Crippen LogP contribution in [0.1, 0.15) is 29.7 Å². The molecule has 2 N–H and O–H groups in total. The molecule has 0 aliphatic rings. The molecule has 0 radical (unpaired) electrons. The zero-order chi connectivity index (χ0) is 14.7. The third-order valence-electron chi connectivity index (χ3n) is 3.50. The highest BCUT2D eigenvalue weighted by Crippen LogP contribution is 2.31. The average molecular weight is 334 g/mol. The highest BCUT2D eigenvalue weighted by atomic mass is 79.9. The van der Waals surface area contributed by atoms with Crippen LogP contribution in [0.5, 0.6) is 5.75 Å². The van der Waals surface area contributed by atoms with Crippen molar-refractivity contribution in [2.45, 2.75) is 32.9 Å². The Morgan fingerprint density at radius 3 is 2.40 bits per heavy atom. The quantitative estimate of drug-likeness (QED) is 0.891. The Morgan fingerprint density at radius 2 is 1.75 bits per heavy atom. The second kappa shape index (κ2) is 6.42. The van der Waals surface area contributed by atoms with Gasteiger partial charge in [0.25, 0.3) is 0 Å². The molecule has 0 spiro atoms. The molecule has 2 aromatic carbocycles. The van der Waals surface area contributed by atoms with Crippen LogP contribution in [0.3, 0.4) is 0 Å². The van der Waals surface area contributed by atoms with Crippen LogP contribution in [0.2, 0.25) is 0 Å². The maximum absolute atomic E-state index is 6.20. The number of halogens is 1. The van der Waals surface area contributed by atoms with Gasteiger partial charge >= 0.3 is 0 Å². The Hall–Kier alpha value is -1.32. The van der Waals surface area contributed by atoms with Gasteiger partial charge in [-0.2, -0.15) is 0 Å². The molecule has 2 aromatic rings. The summed E-state index contributed by atoms with van der Waals surface area (Å²) >= 11 is 3.58. The number of benzene rings is 2. The lowest BCUT2D eigenvalue weighted by molar-refractivity contribution is 0.178. The van der Waals surface area contributed by atoms with Gasteiger partial charge in [-0.15, -0.1) is 0 Å². The first-order chi connectivity index (χ1) is 9.50. The van der Waals surface area contributed by atoms with E-state index in [-0.39, 0.29) is 12.1 Å². The largest absolute Gasteiger partial charge is 0.484 e. The molecule has 0 saturated heterocycles. The molecule has 0 aromatic heterocycles. The van der Waals surface area contributed by atoms with Crippen molar-refractivity contribution in [3.63, 3.8) is 0 Å². The third kappa shape index (κ3) is 3.22. The number of hydrogen-bond donors (Lipinski definition) is 1. The van der Waals surface area contributed by atoms with Crippen molar-refractivity contribution in [1.29, 1.82) is 0 Å². The van der Waals surface area contributed by atoms with E-state index in [0.717, 1.165) is 21.3 Å². The maximum atomic E-state index is 6.20. The summed E-state index contributed by atoms with van der Waals surface area (Å²) in [4.78, 5) is 0. The van der Waals surface area contributed by atoms with E-state index in [0.29, 0.717) is 0 Å². The minimum absolute atomic E-state index is 0.103. The predicted molar refractivity (Wildman–Crippen MR) is 87.1 cm³/mol. The van der Waals surface area contributed by atoms with Gasteiger partial charge in [0.15, 0.2) is 0 Å². The molecule has 106 valence electrons. The second-order valence-corrected chi connectivity index (χ2v) is 5.97. The summed E-state index contributed by atoms with van der Waals surface area (Å²) in [5, 5.41) is 0. The maximum Gasteiger partial charge on any atom is 0.140 e. The fourth-order valence-corrected chi connectivity index (χ4v) is 2.66. The fourth-order valence-electron chi connectivity index (χ4n) is 2.15. The first-order valence-corrected chi connectivity index (χ1v) is 7.53. The summed E-state index contributed by atoms with van der Waals surface area (Å²) < 4.78 is 7.22. The molecule has 2 rings (SSSR count). The van der Waals surface area contributed by atoms with Gasteiger partial charge in [-0.25, -0.2) is 0 Å². The molecule has 0 heterocycles. The van der Waals surface area contributed by atoms with Crippen LogP contribution in [0, 0.1) is 13.8 Å². The van der Waals surface area contributed by atoms with Crippen LogP contribution in [-0.4, -0.2) is 6.04 Å². The molecular formula is C17H20BrNO. The summed E-state index contributed by atoms with van der Waals surface area (Å²) in [5.41, 5.74) is 9.58. The molecule has 0 bridgehead atoms. The van der Waals surface area contributed by atoms with E-state index in [1.165, 1.54) is 5.56 Å². The van der Waals surface area contributed by atoms with Crippen molar-refractivity contribution in [3.8, 4) is 5.75 Å². The van der Waals surface area contributed by atoms with Crippen molar-refractivity contribution in [2.24, 2.45) is 5.73 Å². The van der Waals surface area contributed by atoms with E-state index in [9.17, 15) is 0 Å². The van der Waals surface area contributed by atoms with Crippen molar-refractivity contribution in [1.82, 2.24) is 0 Å². The SMILES string of the molecule is Cc1cccc(OC(c2ccccc2Br)C(C)N)c1C. The zero-order valence-electron chi connectivity index (χ0n) is 12.1. The molecule has 0 fully saturated rings. The topological polar surface area (TPSA) is 35.2 Å². The number of hydrogen-bond acceptors (Lipinski definition) is 2. The van der Waals surface area contributed by atoms with Gasteiger partial charge in [-0.05, 0) is 44.0 Å². The van der Waals surface area contributed by atoms with Crippen molar-refractivity contribution in [2.75, 3.05) is 0 Å². The Bertz CT molecular complexity index is 595. The molecule has 0 saturated carbocycles. The number of nitrogens with two attached hydrogens (primary N) is 1. The Morgan fingerprint density at radius 1 is 1.05 bits per heavy atom. The van der Waals surface area contributed by atoms with E-state index in [4.69, 9.17) is 10.5 Å². The van der Waals surface area contributed by atoms with E-state index in [1.54, 1.807) is 0 Å². The van der Waals surface area contributed by atoms with Crippen molar-refractivity contribution >= 4 is 15.9 Å². The summed E-state index contributed by atoms with van der Waals surface area (Å²) in [6.07, 6.45) is -0.175. The number of rotatable bonds is 4. The summed E-state index contributed by atoms with van der Waals surface area (Å²) in [5.74, 6) is 0.892. The number of aryl methyl sites for hydroxylation is 1. The Kier molecular flexibility index (Phi) is 4.84. The lowest BCUT2D eigenvalue weighted by Gasteiger charge is -2.25. The van der Waals surface area contributed by atoms with Crippen LogP contribution in [0.15, 0.2) is 46.9 Å². The predicted octanol–water partition coefficient (Wildman–Crippen LogP) is 4.53. The van der Waals surface area contributed by atoms with E-state index < -0.39 is 0 Å². The Labute approximate surface area is 129 Å². The summed E-state index contributed by atoms with van der Waals surface area (Å²) in [7, 11) is 0. The third-order valence-corrected chi connectivity index (χ3v) is 4.22.